The van der Waals surface area contributed by atoms with Gasteiger partial charge in [-0.2, -0.15) is 0 Å². The Balaban J connectivity index is 2.96. The third kappa shape index (κ3) is 2.67. The molecule has 70 valence electrons. The zero-order chi connectivity index (χ0) is 10.0. The van der Waals surface area contributed by atoms with Crippen LogP contribution in [0.5, 0.6) is 0 Å². The number of carbonyl (C=O) groups is 1. The first-order valence-corrected chi connectivity index (χ1v) is 5.34. The summed E-state index contributed by atoms with van der Waals surface area (Å²) in [5, 5.41) is 2.73. The lowest BCUT2D eigenvalue weighted by atomic mass is 10.3. The summed E-state index contributed by atoms with van der Waals surface area (Å²) in [6.07, 6.45) is 0. The van der Waals surface area contributed by atoms with Crippen LogP contribution in [0.2, 0.25) is 0 Å². The molecule has 0 aliphatic carbocycles. The van der Waals surface area contributed by atoms with Gasteiger partial charge in [0.25, 0.3) is 0 Å². The molecule has 1 aromatic heterocycles. The largest absolute Gasteiger partial charge is 0.325 e. The molecule has 0 saturated carbocycles. The minimum absolute atomic E-state index is 0.0632. The molecule has 0 atom stereocenters. The standard InChI is InChI=1S/C9H10BrNOS/c1-5(2)8-4-7(9(10)13-8)11-6(3)12/h4H,1H2,2-3H3,(H,11,12). The van der Waals surface area contributed by atoms with Crippen LogP contribution in [0.25, 0.3) is 5.57 Å². The fourth-order valence-electron chi connectivity index (χ4n) is 0.854. The van der Waals surface area contributed by atoms with Crippen LogP contribution < -0.4 is 5.32 Å². The summed E-state index contributed by atoms with van der Waals surface area (Å²) in [5.74, 6) is -0.0632. The number of nitrogens with one attached hydrogen (secondary N) is 1. The highest BCUT2D eigenvalue weighted by atomic mass is 79.9. The Bertz CT molecular complexity index is 356. The van der Waals surface area contributed by atoms with Crippen molar-refractivity contribution >= 4 is 44.4 Å². The topological polar surface area (TPSA) is 29.1 Å². The first-order chi connectivity index (χ1) is 6.00. The molecule has 0 fully saturated rings. The zero-order valence-electron chi connectivity index (χ0n) is 7.48. The second-order valence-corrected chi connectivity index (χ2v) is 5.13. The third-order valence-electron chi connectivity index (χ3n) is 1.42. The van der Waals surface area contributed by atoms with Gasteiger partial charge in [0.1, 0.15) is 0 Å². The van der Waals surface area contributed by atoms with E-state index >= 15 is 0 Å². The summed E-state index contributed by atoms with van der Waals surface area (Å²) >= 11 is 4.94. The van der Waals surface area contributed by atoms with E-state index in [1.165, 1.54) is 6.92 Å². The highest BCUT2D eigenvalue weighted by Crippen LogP contribution is 2.35. The Hall–Kier alpha value is -0.610. The number of amides is 1. The maximum Gasteiger partial charge on any atom is 0.221 e. The van der Waals surface area contributed by atoms with Gasteiger partial charge in [-0.25, -0.2) is 0 Å². The van der Waals surface area contributed by atoms with Gasteiger partial charge in [-0.3, -0.25) is 4.79 Å². The van der Waals surface area contributed by atoms with Gasteiger partial charge in [-0.05, 0) is 34.5 Å². The van der Waals surface area contributed by atoms with E-state index in [1.54, 1.807) is 11.3 Å². The van der Waals surface area contributed by atoms with Crippen molar-refractivity contribution in [1.82, 2.24) is 0 Å². The van der Waals surface area contributed by atoms with E-state index in [1.807, 2.05) is 13.0 Å². The predicted molar refractivity (Wildman–Crippen MR) is 61.0 cm³/mol. The smallest absolute Gasteiger partial charge is 0.221 e. The Kier molecular flexibility index (Phi) is 3.27. The molecule has 1 heterocycles. The minimum atomic E-state index is -0.0632. The van der Waals surface area contributed by atoms with Crippen LogP contribution in [0.15, 0.2) is 16.4 Å². The molecule has 0 aliphatic rings. The molecule has 13 heavy (non-hydrogen) atoms. The molecule has 2 nitrogen and oxygen atoms in total. The Labute approximate surface area is 89.8 Å². The Morgan fingerprint density at radius 1 is 1.62 bits per heavy atom. The fraction of sp³-hybridized carbons (Fsp3) is 0.222. The minimum Gasteiger partial charge on any atom is -0.325 e. The summed E-state index contributed by atoms with van der Waals surface area (Å²) in [6.45, 7) is 7.27. The number of thiophene rings is 1. The first kappa shape index (κ1) is 10.5. The van der Waals surface area contributed by atoms with Gasteiger partial charge in [0.2, 0.25) is 5.91 Å². The van der Waals surface area contributed by atoms with Gasteiger partial charge >= 0.3 is 0 Å². The van der Waals surface area contributed by atoms with E-state index in [4.69, 9.17) is 0 Å². The molecule has 1 rings (SSSR count). The van der Waals surface area contributed by atoms with Crippen LogP contribution in [0.3, 0.4) is 0 Å². The van der Waals surface area contributed by atoms with E-state index < -0.39 is 0 Å². The van der Waals surface area contributed by atoms with Crippen molar-refractivity contribution < 1.29 is 4.79 Å². The van der Waals surface area contributed by atoms with Crippen LogP contribution in [0, 0.1) is 0 Å². The van der Waals surface area contributed by atoms with Gasteiger partial charge in [-0.1, -0.05) is 6.58 Å². The van der Waals surface area contributed by atoms with Gasteiger partial charge in [0, 0.05) is 11.8 Å². The summed E-state index contributed by atoms with van der Waals surface area (Å²) in [6, 6.07) is 1.92. The molecule has 1 amide bonds. The first-order valence-electron chi connectivity index (χ1n) is 3.73. The van der Waals surface area contributed by atoms with Crippen molar-refractivity contribution in [2.45, 2.75) is 13.8 Å². The van der Waals surface area contributed by atoms with E-state index in [9.17, 15) is 4.79 Å². The van der Waals surface area contributed by atoms with E-state index in [2.05, 4.69) is 27.8 Å². The average Bonchev–Trinajstić information content (AvgIpc) is 2.31. The summed E-state index contributed by atoms with van der Waals surface area (Å²) in [7, 11) is 0. The molecule has 1 N–H and O–H groups in total. The van der Waals surface area contributed by atoms with Gasteiger partial charge in [0.15, 0.2) is 0 Å². The van der Waals surface area contributed by atoms with Gasteiger partial charge in [0.05, 0.1) is 9.47 Å². The summed E-state index contributed by atoms with van der Waals surface area (Å²) in [5.41, 5.74) is 1.82. The van der Waals surface area contributed by atoms with Crippen LogP contribution in [-0.4, -0.2) is 5.91 Å². The molecular weight excluding hydrogens is 250 g/mol. The zero-order valence-corrected chi connectivity index (χ0v) is 9.88. The monoisotopic (exact) mass is 259 g/mol. The van der Waals surface area contributed by atoms with Crippen LogP contribution in [0.4, 0.5) is 5.69 Å². The number of carbonyl (C=O) groups excluding carboxylic acids is 1. The number of anilines is 1. The molecule has 0 aromatic carbocycles. The second-order valence-electron chi connectivity index (χ2n) is 2.76. The molecule has 0 bridgehead atoms. The predicted octanol–water partition coefficient (Wildman–Crippen LogP) is 3.50. The molecular formula is C9H10BrNOS. The summed E-state index contributed by atoms with van der Waals surface area (Å²) in [4.78, 5) is 11.9. The lowest BCUT2D eigenvalue weighted by Gasteiger charge is -1.96. The fourth-order valence-corrected chi connectivity index (χ4v) is 2.35. The van der Waals surface area contributed by atoms with E-state index in [-0.39, 0.29) is 5.91 Å². The maximum atomic E-state index is 10.8. The number of hydrogen-bond acceptors (Lipinski definition) is 2. The van der Waals surface area contributed by atoms with E-state index in [0.717, 1.165) is 19.9 Å². The van der Waals surface area contributed by atoms with Crippen molar-refractivity contribution in [2.75, 3.05) is 5.32 Å². The quantitative estimate of drug-likeness (QED) is 0.866. The lowest BCUT2D eigenvalue weighted by molar-refractivity contribution is -0.114. The molecule has 0 radical (unpaired) electrons. The van der Waals surface area contributed by atoms with Gasteiger partial charge < -0.3 is 5.32 Å². The third-order valence-corrected chi connectivity index (χ3v) is 3.42. The van der Waals surface area contributed by atoms with Crippen molar-refractivity contribution in [1.29, 1.82) is 0 Å². The highest BCUT2D eigenvalue weighted by molar-refractivity contribution is 9.11. The molecule has 1 aromatic rings. The average molecular weight is 260 g/mol. The normalized spacial score (nSPS) is 9.77. The molecule has 0 saturated heterocycles. The molecule has 4 heteroatoms. The maximum absolute atomic E-state index is 10.8. The van der Waals surface area contributed by atoms with Gasteiger partial charge in [-0.15, -0.1) is 11.3 Å². The number of hydrogen-bond donors (Lipinski definition) is 1. The molecule has 0 unspecified atom stereocenters. The lowest BCUT2D eigenvalue weighted by Crippen LogP contribution is -2.04. The van der Waals surface area contributed by atoms with Crippen molar-refractivity contribution in [3.8, 4) is 0 Å². The van der Waals surface area contributed by atoms with Crippen LogP contribution >= 0.6 is 27.3 Å². The Morgan fingerprint density at radius 3 is 2.62 bits per heavy atom. The van der Waals surface area contributed by atoms with Crippen LogP contribution in [0.1, 0.15) is 18.7 Å². The Morgan fingerprint density at radius 2 is 2.23 bits per heavy atom. The van der Waals surface area contributed by atoms with Crippen molar-refractivity contribution in [2.24, 2.45) is 0 Å². The molecule has 0 spiro atoms. The second kappa shape index (κ2) is 4.07. The van der Waals surface area contributed by atoms with E-state index in [0.29, 0.717) is 0 Å². The number of allylic oxidation sites excluding steroid dienone is 1. The highest BCUT2D eigenvalue weighted by Gasteiger charge is 2.07. The number of halogens is 1. The summed E-state index contributed by atoms with van der Waals surface area (Å²) < 4.78 is 0.931. The molecule has 0 aliphatic heterocycles. The van der Waals surface area contributed by atoms with Crippen LogP contribution in [-0.2, 0) is 4.79 Å². The van der Waals surface area contributed by atoms with Crippen molar-refractivity contribution in [3.05, 3.63) is 21.3 Å². The van der Waals surface area contributed by atoms with Crippen molar-refractivity contribution in [3.63, 3.8) is 0 Å². The number of rotatable bonds is 2. The SMILES string of the molecule is C=C(C)c1cc(NC(C)=O)c(Br)s1.